The molecule has 1 unspecified atom stereocenters. The molecule has 0 saturated carbocycles. The molecule has 8 nitrogen and oxygen atoms in total. The van der Waals surface area contributed by atoms with Crippen molar-refractivity contribution in [3.8, 4) is 0 Å². The highest BCUT2D eigenvalue weighted by Gasteiger charge is 2.52. The average Bonchev–Trinajstić information content (AvgIpc) is 3.58. The average molecular weight is 505 g/mol. The predicted molar refractivity (Wildman–Crippen MR) is 137 cm³/mol. The zero-order valence-corrected chi connectivity index (χ0v) is 21.0. The number of ketones is 1. The molecule has 3 atom stereocenters. The minimum Gasteiger partial charge on any atom is -0.340 e. The van der Waals surface area contributed by atoms with E-state index in [9.17, 15) is 19.2 Å². The highest BCUT2D eigenvalue weighted by molar-refractivity contribution is 7.20. The van der Waals surface area contributed by atoms with Gasteiger partial charge >= 0.3 is 0 Å². The number of hydrogen-bond donors (Lipinski definition) is 1. The van der Waals surface area contributed by atoms with E-state index in [1.54, 1.807) is 28.1 Å². The number of fused-ring (bicyclic) bond motifs is 2. The maximum Gasteiger partial charge on any atom is 0.262 e. The van der Waals surface area contributed by atoms with Gasteiger partial charge in [0.25, 0.3) is 11.8 Å². The van der Waals surface area contributed by atoms with Gasteiger partial charge in [-0.05, 0) is 48.4 Å². The fourth-order valence-electron chi connectivity index (χ4n) is 5.21. The lowest BCUT2D eigenvalue weighted by Gasteiger charge is -2.29. The normalized spacial score (nSPS) is 20.1. The van der Waals surface area contributed by atoms with Gasteiger partial charge in [-0.25, -0.2) is 0 Å². The van der Waals surface area contributed by atoms with Crippen LogP contribution in [0.3, 0.4) is 0 Å². The second-order valence-corrected chi connectivity index (χ2v) is 10.9. The van der Waals surface area contributed by atoms with E-state index < -0.39 is 12.1 Å². The number of thiophene rings is 1. The van der Waals surface area contributed by atoms with Crippen molar-refractivity contribution in [3.63, 3.8) is 0 Å². The van der Waals surface area contributed by atoms with Crippen LogP contribution in [0.15, 0.2) is 54.9 Å². The van der Waals surface area contributed by atoms with Crippen molar-refractivity contribution in [2.45, 2.75) is 44.8 Å². The molecule has 0 radical (unpaired) electrons. The topological polar surface area (TPSA) is 99.7 Å². The number of aromatic nitrogens is 1. The van der Waals surface area contributed by atoms with E-state index in [0.717, 1.165) is 10.1 Å². The molecule has 9 heteroatoms. The molecule has 2 aliphatic heterocycles. The molecule has 1 N–H and O–H groups in total. The first kappa shape index (κ1) is 24.1. The molecule has 2 saturated heterocycles. The summed E-state index contributed by atoms with van der Waals surface area (Å²) in [5.74, 6) is -0.813. The summed E-state index contributed by atoms with van der Waals surface area (Å²) < 4.78 is 1.01. The van der Waals surface area contributed by atoms with Gasteiger partial charge in [-0.15, -0.1) is 11.3 Å². The summed E-state index contributed by atoms with van der Waals surface area (Å²) >= 11 is 1.39. The Hall–Kier alpha value is -3.59. The van der Waals surface area contributed by atoms with Crippen LogP contribution in [-0.2, 0) is 9.59 Å². The molecule has 1 aromatic carbocycles. The van der Waals surface area contributed by atoms with E-state index in [1.165, 1.54) is 17.5 Å². The van der Waals surface area contributed by atoms with Crippen molar-refractivity contribution in [1.29, 1.82) is 0 Å². The maximum absolute atomic E-state index is 13.7. The van der Waals surface area contributed by atoms with E-state index in [0.29, 0.717) is 29.8 Å². The minimum atomic E-state index is -0.752. The van der Waals surface area contributed by atoms with E-state index in [-0.39, 0.29) is 42.0 Å². The number of nitrogens with one attached hydrogen (secondary N) is 1. The summed E-state index contributed by atoms with van der Waals surface area (Å²) in [4.78, 5) is 60.6. The first-order valence-electron chi connectivity index (χ1n) is 12.2. The predicted octanol–water partition coefficient (Wildman–Crippen LogP) is 3.14. The van der Waals surface area contributed by atoms with E-state index in [1.807, 2.05) is 44.2 Å². The van der Waals surface area contributed by atoms with Crippen LogP contribution < -0.4 is 5.32 Å². The first-order chi connectivity index (χ1) is 17.3. The van der Waals surface area contributed by atoms with Crippen molar-refractivity contribution in [2.75, 3.05) is 13.1 Å². The number of Topliss-reactive ketones (excluding diaryl/α,β-unsaturated/α-hetero) is 1. The number of nitrogens with zero attached hydrogens (tertiary/aromatic N) is 3. The lowest BCUT2D eigenvalue weighted by Crippen LogP contribution is -2.52. The summed E-state index contributed by atoms with van der Waals surface area (Å²) in [5, 5.41) is 3.92. The van der Waals surface area contributed by atoms with Crippen LogP contribution in [0.1, 0.15) is 46.7 Å². The Morgan fingerprint density at radius 3 is 2.67 bits per heavy atom. The van der Waals surface area contributed by atoms with E-state index in [2.05, 4.69) is 10.3 Å². The summed E-state index contributed by atoms with van der Waals surface area (Å²) in [5.41, 5.74) is 0.420. The van der Waals surface area contributed by atoms with Crippen molar-refractivity contribution in [2.24, 2.45) is 5.92 Å². The van der Waals surface area contributed by atoms with Gasteiger partial charge < -0.3 is 15.1 Å². The number of hydrogen-bond acceptors (Lipinski definition) is 6. The molecule has 4 heterocycles. The number of carbonyl (C=O) groups is 4. The van der Waals surface area contributed by atoms with Gasteiger partial charge in [-0.2, -0.15) is 0 Å². The van der Waals surface area contributed by atoms with E-state index in [4.69, 9.17) is 0 Å². The Morgan fingerprint density at radius 1 is 1.14 bits per heavy atom. The summed E-state index contributed by atoms with van der Waals surface area (Å²) in [6.45, 7) is 4.32. The van der Waals surface area contributed by atoms with Crippen LogP contribution in [0, 0.1) is 5.92 Å². The highest BCUT2D eigenvalue weighted by Crippen LogP contribution is 2.32. The molecular formula is C27H28N4O4S. The van der Waals surface area contributed by atoms with Crippen LogP contribution in [0.25, 0.3) is 10.1 Å². The highest BCUT2D eigenvalue weighted by atomic mass is 32.1. The van der Waals surface area contributed by atoms with Gasteiger partial charge in [-0.3, -0.25) is 24.2 Å². The smallest absolute Gasteiger partial charge is 0.262 e. The standard InChI is InChI=1S/C27H28N4O4S/c1-16(2)12-19(29-25(33)23-13-17-6-3-4-8-22(17)36-23)27(35)30-11-9-20-24(30)21(32)15-31(20)26(34)18-7-5-10-28-14-18/h3-8,10,13-14,16,19-20,24H,9,11-12,15H2,1-2H3,(H,29,33)/t19-,20+,24?/m0/s1. The SMILES string of the molecule is CC(C)C[C@H](NC(=O)c1cc2ccccc2s1)C(=O)N1CC[C@@H]2C1C(=O)CN2C(=O)c1cccnc1. The third-order valence-electron chi connectivity index (χ3n) is 6.83. The monoisotopic (exact) mass is 504 g/mol. The van der Waals surface area contributed by atoms with Crippen molar-refractivity contribution < 1.29 is 19.2 Å². The van der Waals surface area contributed by atoms with Gasteiger partial charge in [0, 0.05) is 23.6 Å². The first-order valence-corrected chi connectivity index (χ1v) is 13.0. The quantitative estimate of drug-likeness (QED) is 0.556. The summed E-state index contributed by atoms with van der Waals surface area (Å²) in [6.07, 6.45) is 4.05. The van der Waals surface area contributed by atoms with Crippen LogP contribution in [0.4, 0.5) is 0 Å². The second kappa shape index (κ2) is 9.81. The second-order valence-electron chi connectivity index (χ2n) is 9.78. The lowest BCUT2D eigenvalue weighted by atomic mass is 10.0. The number of pyridine rings is 1. The van der Waals surface area contributed by atoms with Gasteiger partial charge in [0.05, 0.1) is 23.0 Å². The molecule has 0 bridgehead atoms. The molecule has 5 rings (SSSR count). The number of amides is 3. The van der Waals surface area contributed by atoms with Gasteiger partial charge in [0.15, 0.2) is 5.78 Å². The molecule has 0 aliphatic carbocycles. The summed E-state index contributed by atoms with van der Waals surface area (Å²) in [7, 11) is 0. The fraction of sp³-hybridized carbons (Fsp3) is 0.370. The minimum absolute atomic E-state index is 0.0319. The lowest BCUT2D eigenvalue weighted by molar-refractivity contribution is -0.138. The van der Waals surface area contributed by atoms with Crippen molar-refractivity contribution in [3.05, 3.63) is 65.3 Å². The van der Waals surface area contributed by atoms with Crippen LogP contribution in [0.5, 0.6) is 0 Å². The van der Waals surface area contributed by atoms with Gasteiger partial charge in [0.1, 0.15) is 12.1 Å². The van der Waals surface area contributed by atoms with E-state index >= 15 is 0 Å². The zero-order chi connectivity index (χ0) is 25.4. The Balaban J connectivity index is 1.34. The van der Waals surface area contributed by atoms with Crippen LogP contribution >= 0.6 is 11.3 Å². The molecule has 0 spiro atoms. The van der Waals surface area contributed by atoms with Gasteiger partial charge in [-0.1, -0.05) is 32.0 Å². The largest absolute Gasteiger partial charge is 0.340 e. The Kier molecular flexibility index (Phi) is 6.57. The third kappa shape index (κ3) is 4.51. The zero-order valence-electron chi connectivity index (χ0n) is 20.2. The number of benzene rings is 1. The molecule has 3 aromatic rings. The van der Waals surface area contributed by atoms with Crippen LogP contribution in [-0.4, -0.2) is 69.5 Å². The molecule has 2 fully saturated rings. The number of likely N-dealkylation sites (tertiary alicyclic amines) is 2. The molecule has 186 valence electrons. The molecule has 2 aromatic heterocycles. The Labute approximate surface area is 213 Å². The molecule has 36 heavy (non-hydrogen) atoms. The molecule has 3 amide bonds. The Bertz CT molecular complexity index is 1290. The van der Waals surface area contributed by atoms with Crippen LogP contribution in [0.2, 0.25) is 0 Å². The van der Waals surface area contributed by atoms with Gasteiger partial charge in [0.2, 0.25) is 5.91 Å². The maximum atomic E-state index is 13.7. The third-order valence-corrected chi connectivity index (χ3v) is 7.95. The molecule has 2 aliphatic rings. The molecular weight excluding hydrogens is 476 g/mol. The van der Waals surface area contributed by atoms with Crippen molar-refractivity contribution in [1.82, 2.24) is 20.1 Å². The summed E-state index contributed by atoms with van der Waals surface area (Å²) in [6, 6.07) is 11.1. The number of rotatable bonds is 6. The Morgan fingerprint density at radius 2 is 1.94 bits per heavy atom. The number of carbonyl (C=O) groups excluding carboxylic acids is 4. The van der Waals surface area contributed by atoms with Crippen molar-refractivity contribution >= 4 is 44.9 Å². The fourth-order valence-corrected chi connectivity index (χ4v) is 6.18.